The molecule has 3 heterocycles. The number of benzene rings is 1. The van der Waals surface area contributed by atoms with Crippen LogP contribution < -0.4 is 10.6 Å². The van der Waals surface area contributed by atoms with Crippen molar-refractivity contribution in [1.82, 2.24) is 20.3 Å². The second-order valence-corrected chi connectivity index (χ2v) is 5.32. The fraction of sp³-hybridized carbons (Fsp3) is 0.125. The summed E-state index contributed by atoms with van der Waals surface area (Å²) < 4.78 is 6.72. The van der Waals surface area contributed by atoms with Crippen molar-refractivity contribution in [3.8, 4) is 0 Å². The molecule has 1 aromatic carbocycles. The Morgan fingerprint density at radius 2 is 2.12 bits per heavy atom. The maximum Gasteiger partial charge on any atom is 0.276 e. The molecule has 2 N–H and O–H groups in total. The van der Waals surface area contributed by atoms with Gasteiger partial charge in [-0.25, -0.2) is 4.68 Å². The minimum absolute atomic E-state index is 0.0736. The Kier molecular flexibility index (Phi) is 3.34. The topological polar surface area (TPSA) is 102 Å². The SMILES string of the molecule is O=C1Nc2c(C(=O)NCc3ccccc3)nnn2Cc2occc21. The molecule has 4 rings (SSSR count). The van der Waals surface area contributed by atoms with Gasteiger partial charge in [0.25, 0.3) is 11.8 Å². The zero-order valence-electron chi connectivity index (χ0n) is 12.5. The van der Waals surface area contributed by atoms with Crippen LogP contribution in [0.15, 0.2) is 47.1 Å². The molecule has 1 aliphatic rings. The van der Waals surface area contributed by atoms with Crippen LogP contribution in [0.4, 0.5) is 5.82 Å². The average molecular weight is 323 g/mol. The minimum atomic E-state index is -0.404. The molecular weight excluding hydrogens is 310 g/mol. The number of hydrogen-bond donors (Lipinski definition) is 2. The van der Waals surface area contributed by atoms with E-state index < -0.39 is 5.91 Å². The lowest BCUT2D eigenvalue weighted by Gasteiger charge is -2.06. The molecule has 2 amide bonds. The summed E-state index contributed by atoms with van der Waals surface area (Å²) in [6.07, 6.45) is 1.44. The molecule has 0 fully saturated rings. The molecule has 0 aliphatic carbocycles. The van der Waals surface area contributed by atoms with Gasteiger partial charge in [-0.2, -0.15) is 0 Å². The standard InChI is InChI=1S/C16H13N5O3/c22-15-11-6-7-24-12(11)9-21-14(18-15)13(19-20-21)16(23)17-8-10-4-2-1-3-5-10/h1-7H,8-9H2,(H,17,23)(H,18,22). The van der Waals surface area contributed by atoms with Crippen molar-refractivity contribution in [3.63, 3.8) is 0 Å². The number of nitrogens with zero attached hydrogens (tertiary/aromatic N) is 3. The van der Waals surface area contributed by atoms with Gasteiger partial charge in [-0.3, -0.25) is 9.59 Å². The number of amides is 2. The van der Waals surface area contributed by atoms with Gasteiger partial charge in [0.1, 0.15) is 12.3 Å². The predicted molar refractivity (Wildman–Crippen MR) is 83.4 cm³/mol. The molecule has 2 aromatic heterocycles. The maximum atomic E-state index is 12.4. The van der Waals surface area contributed by atoms with Gasteiger partial charge in [0.05, 0.1) is 11.8 Å². The zero-order chi connectivity index (χ0) is 16.5. The number of carbonyl (C=O) groups excluding carboxylic acids is 2. The van der Waals surface area contributed by atoms with Gasteiger partial charge in [-0.05, 0) is 11.6 Å². The summed E-state index contributed by atoms with van der Waals surface area (Å²) in [7, 11) is 0. The number of hydrogen-bond acceptors (Lipinski definition) is 5. The molecule has 0 saturated heterocycles. The number of anilines is 1. The van der Waals surface area contributed by atoms with Gasteiger partial charge in [-0.1, -0.05) is 35.5 Å². The van der Waals surface area contributed by atoms with Crippen LogP contribution in [0.5, 0.6) is 0 Å². The van der Waals surface area contributed by atoms with E-state index in [9.17, 15) is 9.59 Å². The first-order valence-electron chi connectivity index (χ1n) is 7.35. The Hall–Kier alpha value is -3.42. The van der Waals surface area contributed by atoms with E-state index >= 15 is 0 Å². The highest BCUT2D eigenvalue weighted by Gasteiger charge is 2.28. The summed E-state index contributed by atoms with van der Waals surface area (Å²) in [6, 6.07) is 11.1. The van der Waals surface area contributed by atoms with Crippen LogP contribution in [-0.2, 0) is 13.1 Å². The van der Waals surface area contributed by atoms with Gasteiger partial charge < -0.3 is 15.1 Å². The molecule has 0 radical (unpaired) electrons. The Labute approximate surface area is 136 Å². The van der Waals surface area contributed by atoms with Crippen molar-refractivity contribution in [2.45, 2.75) is 13.1 Å². The normalized spacial score (nSPS) is 12.8. The first-order chi connectivity index (χ1) is 11.7. The number of fused-ring (bicyclic) bond motifs is 2. The largest absolute Gasteiger partial charge is 0.467 e. The van der Waals surface area contributed by atoms with Crippen molar-refractivity contribution in [2.75, 3.05) is 5.32 Å². The molecular formula is C16H13N5O3. The van der Waals surface area contributed by atoms with Crippen LogP contribution in [0.1, 0.15) is 32.2 Å². The number of rotatable bonds is 3. The van der Waals surface area contributed by atoms with E-state index in [1.165, 1.54) is 10.9 Å². The molecule has 120 valence electrons. The summed E-state index contributed by atoms with van der Waals surface area (Å²) >= 11 is 0. The fourth-order valence-electron chi connectivity index (χ4n) is 2.54. The first-order valence-corrected chi connectivity index (χ1v) is 7.35. The van der Waals surface area contributed by atoms with Crippen LogP contribution in [0.2, 0.25) is 0 Å². The highest BCUT2D eigenvalue weighted by Crippen LogP contribution is 2.23. The van der Waals surface area contributed by atoms with Crippen LogP contribution in [0.25, 0.3) is 0 Å². The molecule has 0 spiro atoms. The summed E-state index contributed by atoms with van der Waals surface area (Å²) in [5, 5.41) is 13.3. The average Bonchev–Trinajstić information content (AvgIpc) is 3.19. The Morgan fingerprint density at radius 3 is 2.96 bits per heavy atom. The van der Waals surface area contributed by atoms with Crippen molar-refractivity contribution < 1.29 is 14.0 Å². The zero-order valence-corrected chi connectivity index (χ0v) is 12.5. The molecule has 3 aromatic rings. The fourth-order valence-corrected chi connectivity index (χ4v) is 2.54. The molecule has 0 unspecified atom stereocenters. The van der Waals surface area contributed by atoms with Crippen LogP contribution >= 0.6 is 0 Å². The van der Waals surface area contributed by atoms with Gasteiger partial charge in [-0.15, -0.1) is 5.10 Å². The third kappa shape index (κ3) is 2.43. The molecule has 0 bridgehead atoms. The molecule has 0 atom stereocenters. The maximum absolute atomic E-state index is 12.4. The van der Waals surface area contributed by atoms with E-state index in [-0.39, 0.29) is 24.0 Å². The Morgan fingerprint density at radius 1 is 1.29 bits per heavy atom. The summed E-state index contributed by atoms with van der Waals surface area (Å²) in [5.41, 5.74) is 1.47. The molecule has 24 heavy (non-hydrogen) atoms. The second-order valence-electron chi connectivity index (χ2n) is 5.32. The van der Waals surface area contributed by atoms with Crippen LogP contribution in [0.3, 0.4) is 0 Å². The third-order valence-corrected chi connectivity index (χ3v) is 3.76. The lowest BCUT2D eigenvalue weighted by molar-refractivity contribution is 0.0946. The highest BCUT2D eigenvalue weighted by molar-refractivity contribution is 6.08. The van der Waals surface area contributed by atoms with Gasteiger partial charge in [0.15, 0.2) is 11.5 Å². The summed E-state index contributed by atoms with van der Waals surface area (Å²) in [6.45, 7) is 0.593. The molecule has 1 aliphatic heterocycles. The molecule has 8 nitrogen and oxygen atoms in total. The summed E-state index contributed by atoms with van der Waals surface area (Å²) in [4.78, 5) is 24.6. The van der Waals surface area contributed by atoms with E-state index in [1.807, 2.05) is 30.3 Å². The van der Waals surface area contributed by atoms with Crippen molar-refractivity contribution in [1.29, 1.82) is 0 Å². The monoisotopic (exact) mass is 323 g/mol. The van der Waals surface area contributed by atoms with Crippen molar-refractivity contribution in [2.24, 2.45) is 0 Å². The smallest absolute Gasteiger partial charge is 0.276 e. The number of carbonyl (C=O) groups is 2. The van der Waals surface area contributed by atoms with Crippen molar-refractivity contribution >= 4 is 17.6 Å². The number of nitrogens with one attached hydrogen (secondary N) is 2. The lowest BCUT2D eigenvalue weighted by atomic mass is 10.2. The number of aromatic nitrogens is 3. The lowest BCUT2D eigenvalue weighted by Crippen LogP contribution is -2.25. The van der Waals surface area contributed by atoms with Crippen LogP contribution in [0, 0.1) is 0 Å². The molecule has 8 heteroatoms. The van der Waals surface area contributed by atoms with Gasteiger partial charge in [0, 0.05) is 6.54 Å². The van der Waals surface area contributed by atoms with E-state index in [1.54, 1.807) is 6.07 Å². The van der Waals surface area contributed by atoms with Gasteiger partial charge in [0.2, 0.25) is 0 Å². The predicted octanol–water partition coefficient (Wildman–Crippen LogP) is 1.42. The van der Waals surface area contributed by atoms with Crippen LogP contribution in [-0.4, -0.2) is 26.8 Å². The minimum Gasteiger partial charge on any atom is -0.467 e. The summed E-state index contributed by atoms with van der Waals surface area (Å²) in [5.74, 6) is -0.0137. The molecule has 0 saturated carbocycles. The van der Waals surface area contributed by atoms with E-state index in [0.29, 0.717) is 17.9 Å². The highest BCUT2D eigenvalue weighted by atomic mass is 16.3. The Balaban J connectivity index is 1.56. The quantitative estimate of drug-likeness (QED) is 0.759. The second kappa shape index (κ2) is 5.65. The first kappa shape index (κ1) is 14.2. The number of furan rings is 1. The Bertz CT molecular complexity index is 913. The van der Waals surface area contributed by atoms with E-state index in [4.69, 9.17) is 4.42 Å². The van der Waals surface area contributed by atoms with Gasteiger partial charge >= 0.3 is 0 Å². The van der Waals surface area contributed by atoms with E-state index in [2.05, 4.69) is 20.9 Å². The third-order valence-electron chi connectivity index (χ3n) is 3.76. The van der Waals surface area contributed by atoms with Crippen molar-refractivity contribution in [3.05, 3.63) is 65.2 Å². The van der Waals surface area contributed by atoms with E-state index in [0.717, 1.165) is 5.56 Å².